The summed E-state index contributed by atoms with van der Waals surface area (Å²) in [5, 5.41) is 4.22. The molecule has 0 fully saturated rings. The van der Waals surface area contributed by atoms with E-state index in [2.05, 4.69) is 15.7 Å². The Hall–Kier alpha value is -3.99. The zero-order valence-electron chi connectivity index (χ0n) is 21.2. The first kappa shape index (κ1) is 29.0. The van der Waals surface area contributed by atoms with E-state index in [1.807, 2.05) is 50.2 Å². The predicted molar refractivity (Wildman–Crippen MR) is 137 cm³/mol. The number of nitrogens with one attached hydrogen (secondary N) is 2. The largest absolute Gasteiger partial charge is 0.497 e. The van der Waals surface area contributed by atoms with Gasteiger partial charge in [0.05, 0.1) is 19.3 Å². The van der Waals surface area contributed by atoms with Crippen molar-refractivity contribution in [2.45, 2.75) is 13.8 Å². The quantitative estimate of drug-likeness (QED) is 0.203. The minimum atomic E-state index is -0.601. The Morgan fingerprint density at radius 3 is 2.11 bits per heavy atom. The molecule has 2 aromatic carbocycles. The number of rotatable bonds is 10. The van der Waals surface area contributed by atoms with Gasteiger partial charge in [-0.05, 0) is 48.5 Å². The fourth-order valence-corrected chi connectivity index (χ4v) is 2.70. The van der Waals surface area contributed by atoms with E-state index in [-0.39, 0.29) is 13.3 Å². The van der Waals surface area contributed by atoms with Crippen LogP contribution in [-0.2, 0) is 4.74 Å². The highest BCUT2D eigenvalue weighted by molar-refractivity contribution is 6.09. The number of ether oxygens (including phenoxy) is 3. The fourth-order valence-electron chi connectivity index (χ4n) is 2.70. The molecule has 0 heterocycles. The predicted octanol–water partition coefficient (Wildman–Crippen LogP) is 2.81. The number of hydrogen-bond donors (Lipinski definition) is 3. The number of hydrogen-bond acceptors (Lipinski definition) is 7. The average molecular weight is 489 g/mol. The van der Waals surface area contributed by atoms with Crippen molar-refractivity contribution in [2.24, 2.45) is 10.7 Å². The van der Waals surface area contributed by atoms with Crippen molar-refractivity contribution in [1.29, 1.82) is 0 Å². The number of hydrazine groups is 1. The lowest BCUT2D eigenvalue weighted by atomic mass is 10.1. The van der Waals surface area contributed by atoms with Gasteiger partial charge in [0.15, 0.2) is 12.6 Å². The topological polar surface area (TPSA) is 131 Å². The first-order valence-electron chi connectivity index (χ1n) is 11.1. The molecule has 192 valence electrons. The van der Waals surface area contributed by atoms with Gasteiger partial charge in [-0.15, -0.1) is 0 Å². The number of nitrogens with zero attached hydrogens (tertiary/aromatic N) is 3. The first-order valence-corrected chi connectivity index (χ1v) is 11.1. The molecule has 4 N–H and O–H groups in total. The number of amides is 3. The van der Waals surface area contributed by atoms with Crippen molar-refractivity contribution in [3.63, 3.8) is 0 Å². The molecule has 0 unspecified atom stereocenters. The van der Waals surface area contributed by atoms with Crippen LogP contribution in [0, 0.1) is 0 Å². The van der Waals surface area contributed by atoms with Gasteiger partial charge in [0.2, 0.25) is 0 Å². The molecule has 3 amide bonds. The molecule has 0 aliphatic heterocycles. The number of methoxy groups -OCH3 is 1. The van der Waals surface area contributed by atoms with Crippen LogP contribution in [0.3, 0.4) is 0 Å². The van der Waals surface area contributed by atoms with Crippen LogP contribution in [-0.4, -0.2) is 71.0 Å². The third kappa shape index (κ3) is 9.80. The third-order valence-corrected chi connectivity index (χ3v) is 4.32. The van der Waals surface area contributed by atoms with Gasteiger partial charge in [0, 0.05) is 26.7 Å². The van der Waals surface area contributed by atoms with Crippen molar-refractivity contribution in [2.75, 3.05) is 53.1 Å². The molecular formula is C24H36N6O5. The molecule has 35 heavy (non-hydrogen) atoms. The van der Waals surface area contributed by atoms with Crippen LogP contribution < -0.4 is 31.0 Å². The SMILES string of the molecule is CC.CNN(/C(=N\COC(=O)N(C)C)c1ccc(OCCNC(N)=O)cc1)c1ccc(OC)cc1. The van der Waals surface area contributed by atoms with Gasteiger partial charge in [-0.3, -0.25) is 5.01 Å². The van der Waals surface area contributed by atoms with Crippen molar-refractivity contribution in [1.82, 2.24) is 15.6 Å². The van der Waals surface area contributed by atoms with Gasteiger partial charge in [-0.1, -0.05) is 13.8 Å². The summed E-state index contributed by atoms with van der Waals surface area (Å²) in [6.07, 6.45) is -0.494. The van der Waals surface area contributed by atoms with Crippen LogP contribution >= 0.6 is 0 Å². The maximum absolute atomic E-state index is 11.8. The number of primary amides is 1. The van der Waals surface area contributed by atoms with Crippen LogP contribution in [0.15, 0.2) is 53.5 Å². The lowest BCUT2D eigenvalue weighted by Gasteiger charge is -2.26. The standard InChI is InChI=1S/C22H30N6O5.C2H6/c1-24-28(17-7-11-18(31-4)12-8-17)20(26-15-33-22(30)27(2)3)16-5-9-19(10-6-16)32-14-13-25-21(23)29;1-2/h5-12,24H,13-15H2,1-4H3,(H3,23,25,29);1-2H3/b26-20-;. The number of nitrogens with two attached hydrogens (primary N) is 1. The van der Waals surface area contributed by atoms with Gasteiger partial charge in [0.25, 0.3) is 0 Å². The fraction of sp³-hybridized carbons (Fsp3) is 0.375. The van der Waals surface area contributed by atoms with E-state index in [0.29, 0.717) is 18.1 Å². The van der Waals surface area contributed by atoms with Crippen molar-refractivity contribution < 1.29 is 23.8 Å². The molecule has 0 radical (unpaired) electrons. The van der Waals surface area contributed by atoms with E-state index in [1.165, 1.54) is 4.90 Å². The number of anilines is 1. The van der Waals surface area contributed by atoms with Gasteiger partial charge < -0.3 is 30.2 Å². The lowest BCUT2D eigenvalue weighted by Crippen LogP contribution is -2.41. The number of benzene rings is 2. The van der Waals surface area contributed by atoms with Crippen molar-refractivity contribution in [3.05, 3.63) is 54.1 Å². The molecular weight excluding hydrogens is 452 g/mol. The summed E-state index contributed by atoms with van der Waals surface area (Å²) in [6.45, 7) is 4.40. The molecule has 11 heteroatoms. The molecule has 0 aromatic heterocycles. The van der Waals surface area contributed by atoms with Gasteiger partial charge in [-0.25, -0.2) is 20.0 Å². The summed E-state index contributed by atoms with van der Waals surface area (Å²) >= 11 is 0. The second-order valence-corrected chi connectivity index (χ2v) is 6.84. The summed E-state index contributed by atoms with van der Waals surface area (Å²) in [6, 6.07) is 14.0. The van der Waals surface area contributed by atoms with Crippen LogP contribution in [0.4, 0.5) is 15.3 Å². The molecule has 0 aliphatic rings. The summed E-state index contributed by atoms with van der Waals surface area (Å²) in [4.78, 5) is 28.4. The Labute approximate surface area is 206 Å². The van der Waals surface area contributed by atoms with E-state index in [0.717, 1.165) is 17.0 Å². The third-order valence-electron chi connectivity index (χ3n) is 4.32. The average Bonchev–Trinajstić information content (AvgIpc) is 2.87. The van der Waals surface area contributed by atoms with Crippen LogP contribution in [0.1, 0.15) is 19.4 Å². The second kappa shape index (κ2) is 15.8. The Bertz CT molecular complexity index is 932. The number of carbonyl (C=O) groups is 2. The summed E-state index contributed by atoms with van der Waals surface area (Å²) < 4.78 is 16.0. The highest BCUT2D eigenvalue weighted by Gasteiger charge is 2.16. The molecule has 0 bridgehead atoms. The molecule has 0 atom stereocenters. The van der Waals surface area contributed by atoms with Crippen molar-refractivity contribution in [3.8, 4) is 11.5 Å². The van der Waals surface area contributed by atoms with Gasteiger partial charge in [0.1, 0.15) is 18.1 Å². The number of amidine groups is 1. The minimum Gasteiger partial charge on any atom is -0.497 e. The maximum atomic E-state index is 11.8. The zero-order valence-corrected chi connectivity index (χ0v) is 21.2. The van der Waals surface area contributed by atoms with E-state index in [4.69, 9.17) is 19.9 Å². The number of aliphatic imine (C=N–C) groups is 1. The van der Waals surface area contributed by atoms with E-state index in [1.54, 1.807) is 45.4 Å². The molecule has 2 aromatic rings. The molecule has 0 spiro atoms. The maximum Gasteiger partial charge on any atom is 0.411 e. The second-order valence-electron chi connectivity index (χ2n) is 6.84. The van der Waals surface area contributed by atoms with Crippen molar-refractivity contribution >= 4 is 23.6 Å². The molecule has 0 saturated carbocycles. The number of carbonyl (C=O) groups excluding carboxylic acids is 2. The van der Waals surface area contributed by atoms with E-state index < -0.39 is 12.1 Å². The summed E-state index contributed by atoms with van der Waals surface area (Å²) in [5.74, 6) is 1.86. The molecule has 2 rings (SSSR count). The normalized spacial score (nSPS) is 10.4. The zero-order chi connectivity index (χ0) is 26.2. The van der Waals surface area contributed by atoms with Crippen LogP contribution in [0.25, 0.3) is 0 Å². The molecule has 11 nitrogen and oxygen atoms in total. The Kier molecular flexibility index (Phi) is 13.1. The highest BCUT2D eigenvalue weighted by atomic mass is 16.6. The summed E-state index contributed by atoms with van der Waals surface area (Å²) in [5.41, 5.74) is 9.70. The Morgan fingerprint density at radius 2 is 1.60 bits per heavy atom. The highest BCUT2D eigenvalue weighted by Crippen LogP contribution is 2.21. The molecule has 0 saturated heterocycles. The number of urea groups is 1. The van der Waals surface area contributed by atoms with Crippen LogP contribution in [0.2, 0.25) is 0 Å². The minimum absolute atomic E-state index is 0.169. The Morgan fingerprint density at radius 1 is 1.00 bits per heavy atom. The van der Waals surface area contributed by atoms with Crippen LogP contribution in [0.5, 0.6) is 11.5 Å². The Balaban J connectivity index is 0.00000298. The lowest BCUT2D eigenvalue weighted by molar-refractivity contribution is 0.121. The first-order chi connectivity index (χ1) is 16.8. The van der Waals surface area contributed by atoms with E-state index >= 15 is 0 Å². The smallest absolute Gasteiger partial charge is 0.411 e. The summed E-state index contributed by atoms with van der Waals surface area (Å²) in [7, 11) is 6.56. The van der Waals surface area contributed by atoms with Gasteiger partial charge in [-0.2, -0.15) is 0 Å². The van der Waals surface area contributed by atoms with E-state index in [9.17, 15) is 9.59 Å². The molecule has 0 aliphatic carbocycles. The monoisotopic (exact) mass is 488 g/mol. The van der Waals surface area contributed by atoms with Gasteiger partial charge >= 0.3 is 12.1 Å².